The number of hydrogen-bond acceptors (Lipinski definition) is 5. The van der Waals surface area contributed by atoms with Crippen molar-refractivity contribution in [2.75, 3.05) is 43.4 Å². The zero-order valence-electron chi connectivity index (χ0n) is 15.3. The molecule has 0 spiro atoms. The van der Waals surface area contributed by atoms with E-state index in [0.717, 1.165) is 43.1 Å². The molecule has 6 heteroatoms. The minimum atomic E-state index is -0.258. The van der Waals surface area contributed by atoms with Crippen LogP contribution in [0.25, 0.3) is 11.3 Å². The van der Waals surface area contributed by atoms with Gasteiger partial charge in [0.15, 0.2) is 0 Å². The Hall–Kier alpha value is -2.99. The lowest BCUT2D eigenvalue weighted by molar-refractivity contribution is 0.311. The number of hydrogen-bond donors (Lipinski definition) is 1. The van der Waals surface area contributed by atoms with Crippen LogP contribution in [-0.4, -0.2) is 48.1 Å². The average Bonchev–Trinajstić information content (AvgIpc) is 2.71. The van der Waals surface area contributed by atoms with Crippen LogP contribution in [0.3, 0.4) is 0 Å². The highest BCUT2D eigenvalue weighted by atomic mass is 19.1. The van der Waals surface area contributed by atoms with Crippen LogP contribution in [0.1, 0.15) is 0 Å². The molecule has 1 N–H and O–H groups in total. The number of benzene rings is 2. The van der Waals surface area contributed by atoms with E-state index < -0.39 is 0 Å². The lowest BCUT2D eigenvalue weighted by Gasteiger charge is -2.32. The molecule has 3 aromatic rings. The van der Waals surface area contributed by atoms with Crippen LogP contribution in [0.5, 0.6) is 0 Å². The van der Waals surface area contributed by atoms with Crippen LogP contribution >= 0.6 is 0 Å². The molecule has 1 saturated heterocycles. The minimum Gasteiger partial charge on any atom is -0.340 e. The molecule has 0 unspecified atom stereocenters. The summed E-state index contributed by atoms with van der Waals surface area (Å²) in [4.78, 5) is 14.0. The van der Waals surface area contributed by atoms with Crippen LogP contribution in [0.15, 0.2) is 60.7 Å². The summed E-state index contributed by atoms with van der Waals surface area (Å²) < 4.78 is 13.2. The monoisotopic (exact) mass is 363 g/mol. The van der Waals surface area contributed by atoms with Gasteiger partial charge in [0.2, 0.25) is 5.95 Å². The lowest BCUT2D eigenvalue weighted by Crippen LogP contribution is -2.45. The second-order valence-electron chi connectivity index (χ2n) is 6.73. The van der Waals surface area contributed by atoms with Gasteiger partial charge in [-0.15, -0.1) is 0 Å². The fourth-order valence-electron chi connectivity index (χ4n) is 3.08. The molecule has 4 rings (SSSR count). The smallest absolute Gasteiger partial charge is 0.227 e. The van der Waals surface area contributed by atoms with Gasteiger partial charge in [0.1, 0.15) is 11.6 Å². The predicted molar refractivity (Wildman–Crippen MR) is 107 cm³/mol. The van der Waals surface area contributed by atoms with Crippen LogP contribution < -0.4 is 10.2 Å². The van der Waals surface area contributed by atoms with E-state index in [4.69, 9.17) is 9.97 Å². The number of anilines is 3. The van der Waals surface area contributed by atoms with Crippen molar-refractivity contribution < 1.29 is 4.39 Å². The number of likely N-dealkylation sites (N-methyl/N-ethyl adjacent to an activating group) is 1. The van der Waals surface area contributed by atoms with Crippen molar-refractivity contribution in [1.29, 1.82) is 0 Å². The Kier molecular flexibility index (Phi) is 4.98. The molecule has 1 aliphatic rings. The predicted octanol–water partition coefficient (Wildman–Crippen LogP) is 3.78. The fourth-order valence-corrected chi connectivity index (χ4v) is 3.08. The van der Waals surface area contributed by atoms with E-state index >= 15 is 0 Å². The van der Waals surface area contributed by atoms with E-state index in [0.29, 0.717) is 11.8 Å². The Morgan fingerprint density at radius 1 is 0.889 bits per heavy atom. The molecule has 1 aliphatic heterocycles. The van der Waals surface area contributed by atoms with E-state index in [2.05, 4.69) is 22.2 Å². The maximum Gasteiger partial charge on any atom is 0.227 e. The van der Waals surface area contributed by atoms with Crippen molar-refractivity contribution in [3.63, 3.8) is 0 Å². The van der Waals surface area contributed by atoms with Gasteiger partial charge in [-0.2, -0.15) is 4.98 Å². The molecule has 1 fully saturated rings. The SMILES string of the molecule is CN1CCN(c2nc(Nc3ccc(F)cc3)cc(-c3ccccc3)n2)CC1. The summed E-state index contributed by atoms with van der Waals surface area (Å²) in [6, 6.07) is 18.3. The van der Waals surface area contributed by atoms with Crippen molar-refractivity contribution in [3.05, 3.63) is 66.5 Å². The maximum absolute atomic E-state index is 13.2. The normalized spacial score (nSPS) is 15.0. The van der Waals surface area contributed by atoms with Gasteiger partial charge in [-0.05, 0) is 31.3 Å². The number of aromatic nitrogens is 2. The number of rotatable bonds is 4. The molecule has 1 aromatic heterocycles. The molecule has 2 aromatic carbocycles. The Morgan fingerprint density at radius 3 is 2.30 bits per heavy atom. The summed E-state index contributed by atoms with van der Waals surface area (Å²) in [5.41, 5.74) is 2.69. The minimum absolute atomic E-state index is 0.258. The van der Waals surface area contributed by atoms with Crippen LogP contribution in [0.2, 0.25) is 0 Å². The van der Waals surface area contributed by atoms with Crippen molar-refractivity contribution in [3.8, 4) is 11.3 Å². The molecule has 5 nitrogen and oxygen atoms in total. The summed E-state index contributed by atoms with van der Waals surface area (Å²) >= 11 is 0. The van der Waals surface area contributed by atoms with Crippen molar-refractivity contribution in [1.82, 2.24) is 14.9 Å². The van der Waals surface area contributed by atoms with Gasteiger partial charge in [0, 0.05) is 43.5 Å². The summed E-state index contributed by atoms with van der Waals surface area (Å²) in [6.07, 6.45) is 0. The molecule has 0 saturated carbocycles. The zero-order valence-corrected chi connectivity index (χ0v) is 15.3. The second kappa shape index (κ2) is 7.72. The highest BCUT2D eigenvalue weighted by molar-refractivity contribution is 5.67. The molecule has 27 heavy (non-hydrogen) atoms. The van der Waals surface area contributed by atoms with Gasteiger partial charge in [-0.25, -0.2) is 9.37 Å². The highest BCUT2D eigenvalue weighted by Crippen LogP contribution is 2.25. The van der Waals surface area contributed by atoms with E-state index in [-0.39, 0.29) is 5.82 Å². The maximum atomic E-state index is 13.2. The Labute approximate surface area is 158 Å². The first-order valence-electron chi connectivity index (χ1n) is 9.08. The van der Waals surface area contributed by atoms with Gasteiger partial charge < -0.3 is 15.1 Å². The average molecular weight is 363 g/mol. The molecule has 0 bridgehead atoms. The third-order valence-corrected chi connectivity index (χ3v) is 4.69. The summed E-state index contributed by atoms with van der Waals surface area (Å²) in [5, 5.41) is 3.27. The Bertz CT molecular complexity index is 890. The third-order valence-electron chi connectivity index (χ3n) is 4.69. The molecular formula is C21H22FN5. The molecule has 0 atom stereocenters. The van der Waals surface area contributed by atoms with Crippen molar-refractivity contribution in [2.45, 2.75) is 0 Å². The third kappa shape index (κ3) is 4.23. The standard InChI is InChI=1S/C21H22FN5/c1-26-11-13-27(14-12-26)21-24-19(16-5-3-2-4-6-16)15-20(25-21)23-18-9-7-17(22)8-10-18/h2-10,15H,11-14H2,1H3,(H,23,24,25). The number of piperazine rings is 1. The van der Waals surface area contributed by atoms with Crippen LogP contribution in [0.4, 0.5) is 21.8 Å². The molecular weight excluding hydrogens is 341 g/mol. The van der Waals surface area contributed by atoms with Gasteiger partial charge in [0.05, 0.1) is 5.69 Å². The molecule has 2 heterocycles. The van der Waals surface area contributed by atoms with Gasteiger partial charge in [-0.3, -0.25) is 0 Å². The quantitative estimate of drug-likeness (QED) is 0.764. The first kappa shape index (κ1) is 17.4. The van der Waals surface area contributed by atoms with E-state index in [9.17, 15) is 4.39 Å². The van der Waals surface area contributed by atoms with E-state index in [1.165, 1.54) is 12.1 Å². The van der Waals surface area contributed by atoms with Crippen molar-refractivity contribution >= 4 is 17.5 Å². The van der Waals surface area contributed by atoms with Crippen LogP contribution in [-0.2, 0) is 0 Å². The molecule has 0 radical (unpaired) electrons. The number of nitrogens with one attached hydrogen (secondary N) is 1. The van der Waals surface area contributed by atoms with E-state index in [1.807, 2.05) is 36.4 Å². The van der Waals surface area contributed by atoms with Crippen LogP contribution in [0, 0.1) is 5.82 Å². The lowest BCUT2D eigenvalue weighted by atomic mass is 10.1. The van der Waals surface area contributed by atoms with Gasteiger partial charge in [-0.1, -0.05) is 30.3 Å². The molecule has 0 aliphatic carbocycles. The number of halogens is 1. The van der Waals surface area contributed by atoms with Gasteiger partial charge in [0.25, 0.3) is 0 Å². The number of nitrogens with zero attached hydrogens (tertiary/aromatic N) is 4. The topological polar surface area (TPSA) is 44.3 Å². The highest BCUT2D eigenvalue weighted by Gasteiger charge is 2.18. The zero-order chi connectivity index (χ0) is 18.6. The Morgan fingerprint density at radius 2 is 1.59 bits per heavy atom. The second-order valence-corrected chi connectivity index (χ2v) is 6.73. The summed E-state index contributed by atoms with van der Waals surface area (Å²) in [6.45, 7) is 3.76. The summed E-state index contributed by atoms with van der Waals surface area (Å²) in [7, 11) is 2.13. The van der Waals surface area contributed by atoms with Gasteiger partial charge >= 0.3 is 0 Å². The van der Waals surface area contributed by atoms with E-state index in [1.54, 1.807) is 12.1 Å². The fraction of sp³-hybridized carbons (Fsp3) is 0.238. The first-order chi connectivity index (χ1) is 13.2. The Balaban J connectivity index is 1.69. The molecule has 0 amide bonds. The largest absolute Gasteiger partial charge is 0.340 e. The van der Waals surface area contributed by atoms with Crippen molar-refractivity contribution in [2.24, 2.45) is 0 Å². The summed E-state index contributed by atoms with van der Waals surface area (Å²) in [5.74, 6) is 1.16. The molecule has 138 valence electrons. The first-order valence-corrected chi connectivity index (χ1v) is 9.08.